The summed E-state index contributed by atoms with van der Waals surface area (Å²) >= 11 is 0. The number of nitrogens with zero attached hydrogens (tertiary/aromatic N) is 2. The summed E-state index contributed by atoms with van der Waals surface area (Å²) in [5, 5.41) is 7.57. The molecule has 6 heteroatoms. The van der Waals surface area contributed by atoms with Gasteiger partial charge in [0, 0.05) is 5.92 Å². The molecular formula is C32H32N2O4. The highest BCUT2D eigenvalue weighted by atomic mass is 16.7. The number of hydrazone groups is 1. The molecule has 6 nitrogen and oxygen atoms in total. The Morgan fingerprint density at radius 3 is 2.24 bits per heavy atom. The summed E-state index contributed by atoms with van der Waals surface area (Å²) in [4.78, 5) is 0. The Hall–Kier alpha value is -3.93. The lowest BCUT2D eigenvalue weighted by molar-refractivity contribution is 0.173. The Kier molecular flexibility index (Phi) is 5.39. The molecule has 3 aliphatic heterocycles. The standard InChI is InChI=1S/C32H32N2O4/c1-32(2,3)23-15-22(13-20-9-11-26-28(14-20)37-18-35-26)30-25(17-23)31(34(33-30)24-7-5-4-6-8-24)21-10-12-27-29(16-21)38-19-36-27/h4-14,16,23,25,31H,15,17-19H2,1-3H3. The van der Waals surface area contributed by atoms with E-state index >= 15 is 0 Å². The number of para-hydroxylation sites is 1. The fourth-order valence-corrected chi connectivity index (χ4v) is 6.14. The van der Waals surface area contributed by atoms with Gasteiger partial charge in [0.2, 0.25) is 13.6 Å². The van der Waals surface area contributed by atoms with Crippen LogP contribution < -0.4 is 24.0 Å². The Morgan fingerprint density at radius 2 is 1.50 bits per heavy atom. The molecule has 0 N–H and O–H groups in total. The second-order valence-corrected chi connectivity index (χ2v) is 11.6. The molecule has 194 valence electrons. The topological polar surface area (TPSA) is 52.5 Å². The summed E-state index contributed by atoms with van der Waals surface area (Å²) in [5.74, 6) is 3.98. The van der Waals surface area contributed by atoms with E-state index in [4.69, 9.17) is 24.0 Å². The molecule has 0 aromatic heterocycles. The lowest BCUT2D eigenvalue weighted by atomic mass is 9.65. The van der Waals surface area contributed by atoms with Gasteiger partial charge in [0.15, 0.2) is 23.0 Å². The first kappa shape index (κ1) is 23.2. The molecule has 38 heavy (non-hydrogen) atoms. The molecule has 1 saturated carbocycles. The number of allylic oxidation sites excluding steroid dienone is 1. The van der Waals surface area contributed by atoms with Gasteiger partial charge in [0.05, 0.1) is 17.4 Å². The number of ether oxygens (including phenoxy) is 4. The van der Waals surface area contributed by atoms with E-state index in [9.17, 15) is 0 Å². The molecule has 0 spiro atoms. The molecule has 3 heterocycles. The lowest BCUT2D eigenvalue weighted by Gasteiger charge is -2.40. The van der Waals surface area contributed by atoms with Crippen LogP contribution in [0.2, 0.25) is 0 Å². The first-order valence-corrected chi connectivity index (χ1v) is 13.4. The van der Waals surface area contributed by atoms with Gasteiger partial charge in [-0.1, -0.05) is 51.1 Å². The summed E-state index contributed by atoms with van der Waals surface area (Å²) in [7, 11) is 0. The SMILES string of the molecule is CC(C)(C)C1CC(=Cc2ccc3c(c2)OCO3)C2=NN(c3ccccc3)C(c3ccc4c(c3)OCO4)C2C1. The third-order valence-corrected chi connectivity index (χ3v) is 8.27. The van der Waals surface area contributed by atoms with Crippen LogP contribution in [0.4, 0.5) is 5.69 Å². The van der Waals surface area contributed by atoms with Gasteiger partial charge in [0.25, 0.3) is 0 Å². The number of rotatable bonds is 3. The number of fused-ring (bicyclic) bond motifs is 3. The first-order chi connectivity index (χ1) is 18.4. The molecule has 4 aliphatic rings. The number of anilines is 1. The van der Waals surface area contributed by atoms with Gasteiger partial charge in [-0.3, -0.25) is 5.01 Å². The Bertz CT molecular complexity index is 1440. The molecule has 3 atom stereocenters. The average molecular weight is 509 g/mol. The van der Waals surface area contributed by atoms with Crippen molar-refractivity contribution in [3.63, 3.8) is 0 Å². The van der Waals surface area contributed by atoms with E-state index in [1.54, 1.807) is 0 Å². The van der Waals surface area contributed by atoms with Gasteiger partial charge in [-0.15, -0.1) is 0 Å². The van der Waals surface area contributed by atoms with Crippen molar-refractivity contribution in [1.29, 1.82) is 0 Å². The van der Waals surface area contributed by atoms with Gasteiger partial charge < -0.3 is 18.9 Å². The molecule has 3 aromatic carbocycles. The van der Waals surface area contributed by atoms with E-state index in [0.29, 0.717) is 5.92 Å². The minimum absolute atomic E-state index is 0.0622. The third-order valence-electron chi connectivity index (χ3n) is 8.27. The summed E-state index contributed by atoms with van der Waals surface area (Å²) < 4.78 is 22.6. The summed E-state index contributed by atoms with van der Waals surface area (Å²) in [6.07, 6.45) is 4.36. The van der Waals surface area contributed by atoms with Crippen LogP contribution in [0.3, 0.4) is 0 Å². The monoisotopic (exact) mass is 508 g/mol. The van der Waals surface area contributed by atoms with Crippen molar-refractivity contribution < 1.29 is 18.9 Å². The molecule has 0 amide bonds. The van der Waals surface area contributed by atoms with E-state index in [1.165, 1.54) is 16.8 Å². The molecule has 7 rings (SSSR count). The van der Waals surface area contributed by atoms with E-state index in [0.717, 1.165) is 47.1 Å². The zero-order chi connectivity index (χ0) is 25.9. The number of hydrogen-bond acceptors (Lipinski definition) is 6. The maximum atomic E-state index is 5.78. The fourth-order valence-electron chi connectivity index (χ4n) is 6.14. The van der Waals surface area contributed by atoms with Crippen molar-refractivity contribution in [2.45, 2.75) is 39.7 Å². The van der Waals surface area contributed by atoms with Crippen LogP contribution in [0, 0.1) is 17.3 Å². The van der Waals surface area contributed by atoms with Gasteiger partial charge in [-0.25, -0.2) is 0 Å². The third kappa shape index (κ3) is 3.99. The Labute approximate surface area is 223 Å². The van der Waals surface area contributed by atoms with Crippen LogP contribution in [0.15, 0.2) is 77.4 Å². The molecule has 3 unspecified atom stereocenters. The van der Waals surface area contributed by atoms with E-state index in [1.807, 2.05) is 12.1 Å². The quantitative estimate of drug-likeness (QED) is 0.374. The Balaban J connectivity index is 1.35. The molecule has 1 aliphatic carbocycles. The predicted molar refractivity (Wildman–Crippen MR) is 148 cm³/mol. The maximum Gasteiger partial charge on any atom is 0.231 e. The van der Waals surface area contributed by atoms with Crippen molar-refractivity contribution in [3.05, 3.63) is 83.4 Å². The second-order valence-electron chi connectivity index (χ2n) is 11.6. The largest absolute Gasteiger partial charge is 0.454 e. The van der Waals surface area contributed by atoms with Crippen molar-refractivity contribution in [1.82, 2.24) is 0 Å². The average Bonchev–Trinajstić information content (AvgIpc) is 3.66. The zero-order valence-corrected chi connectivity index (χ0v) is 22.0. The van der Waals surface area contributed by atoms with Gasteiger partial charge >= 0.3 is 0 Å². The summed E-state index contributed by atoms with van der Waals surface area (Å²) in [5.41, 5.74) is 6.03. The van der Waals surface area contributed by atoms with Crippen molar-refractivity contribution in [2.24, 2.45) is 22.4 Å². The second kappa shape index (κ2) is 8.83. The summed E-state index contributed by atoms with van der Waals surface area (Å²) in [6.45, 7) is 7.62. The van der Waals surface area contributed by atoms with E-state index in [2.05, 4.69) is 86.5 Å². The predicted octanol–water partition coefficient (Wildman–Crippen LogP) is 7.22. The lowest BCUT2D eigenvalue weighted by Crippen LogP contribution is -2.35. The fraction of sp³-hybridized carbons (Fsp3) is 0.344. The van der Waals surface area contributed by atoms with Crippen molar-refractivity contribution in [2.75, 3.05) is 18.6 Å². The molecule has 0 radical (unpaired) electrons. The highest BCUT2D eigenvalue weighted by Gasteiger charge is 2.46. The van der Waals surface area contributed by atoms with Gasteiger partial charge in [0.1, 0.15) is 0 Å². The van der Waals surface area contributed by atoms with Gasteiger partial charge in [-0.2, -0.15) is 5.10 Å². The van der Waals surface area contributed by atoms with Crippen LogP contribution in [-0.2, 0) is 0 Å². The molecule has 0 bridgehead atoms. The van der Waals surface area contributed by atoms with Crippen molar-refractivity contribution in [3.8, 4) is 23.0 Å². The zero-order valence-electron chi connectivity index (χ0n) is 22.0. The molecule has 1 fully saturated rings. The normalized spacial score (nSPS) is 24.5. The molecular weight excluding hydrogens is 476 g/mol. The van der Waals surface area contributed by atoms with Gasteiger partial charge in [-0.05, 0) is 83.3 Å². The van der Waals surface area contributed by atoms with Crippen LogP contribution >= 0.6 is 0 Å². The number of hydrogen-bond donors (Lipinski definition) is 0. The summed E-state index contributed by atoms with van der Waals surface area (Å²) in [6, 6.07) is 23.1. The first-order valence-electron chi connectivity index (χ1n) is 13.4. The minimum Gasteiger partial charge on any atom is -0.454 e. The number of benzene rings is 3. The van der Waals surface area contributed by atoms with Crippen LogP contribution in [0.1, 0.15) is 50.8 Å². The van der Waals surface area contributed by atoms with E-state index < -0.39 is 0 Å². The smallest absolute Gasteiger partial charge is 0.231 e. The minimum atomic E-state index is 0.0622. The highest BCUT2D eigenvalue weighted by Crippen LogP contribution is 2.52. The molecule has 0 saturated heterocycles. The Morgan fingerprint density at radius 1 is 0.816 bits per heavy atom. The van der Waals surface area contributed by atoms with Crippen LogP contribution in [-0.4, -0.2) is 19.3 Å². The molecule has 3 aromatic rings. The maximum absolute atomic E-state index is 5.78. The van der Waals surface area contributed by atoms with Crippen LogP contribution in [0.5, 0.6) is 23.0 Å². The van der Waals surface area contributed by atoms with E-state index in [-0.39, 0.29) is 31.0 Å². The highest BCUT2D eigenvalue weighted by molar-refractivity contribution is 6.08. The van der Waals surface area contributed by atoms with Crippen molar-refractivity contribution >= 4 is 17.5 Å². The van der Waals surface area contributed by atoms with Crippen LogP contribution in [0.25, 0.3) is 6.08 Å².